The molecule has 25 heavy (non-hydrogen) atoms. The Morgan fingerprint density at radius 2 is 2.12 bits per heavy atom. The van der Waals surface area contributed by atoms with Gasteiger partial charge in [-0.2, -0.15) is 0 Å². The quantitative estimate of drug-likeness (QED) is 0.896. The Bertz CT molecular complexity index is 713. The summed E-state index contributed by atoms with van der Waals surface area (Å²) in [6.07, 6.45) is 5.09. The summed E-state index contributed by atoms with van der Waals surface area (Å²) in [6.45, 7) is 7.03. The smallest absolute Gasteiger partial charge is 0.410 e. The standard InChI is InChI=1S/C17H23N5O2S/c1-17(2,3)24-16(23)22-9-4-6-12(10-22)13-11-25-15(20-13)21-14-18-7-5-8-19-14/h5,7-8,11-12H,4,6,9-10H2,1-3H3,(H,18,19,20,21)/t12-/m0/s1. The van der Waals surface area contributed by atoms with E-state index < -0.39 is 5.60 Å². The normalized spacial score (nSPS) is 18.0. The number of nitrogens with zero attached hydrogens (tertiary/aromatic N) is 4. The second-order valence-electron chi connectivity index (χ2n) is 7.04. The number of nitrogens with one attached hydrogen (secondary N) is 1. The topological polar surface area (TPSA) is 80.2 Å². The van der Waals surface area contributed by atoms with Crippen LogP contribution in [0.5, 0.6) is 0 Å². The summed E-state index contributed by atoms with van der Waals surface area (Å²) in [5.74, 6) is 0.757. The Kier molecular flexibility index (Phi) is 5.17. The van der Waals surface area contributed by atoms with Crippen LogP contribution in [-0.2, 0) is 4.74 Å². The van der Waals surface area contributed by atoms with Crippen molar-refractivity contribution in [3.8, 4) is 0 Å². The molecule has 1 aliphatic rings. The van der Waals surface area contributed by atoms with Crippen molar-refractivity contribution in [2.75, 3.05) is 18.4 Å². The predicted molar refractivity (Wildman–Crippen MR) is 97.2 cm³/mol. The number of thiazole rings is 1. The van der Waals surface area contributed by atoms with Gasteiger partial charge in [-0.15, -0.1) is 11.3 Å². The average molecular weight is 361 g/mol. The highest BCUT2D eigenvalue weighted by Crippen LogP contribution is 2.30. The van der Waals surface area contributed by atoms with Crippen molar-refractivity contribution in [3.05, 3.63) is 29.5 Å². The van der Waals surface area contributed by atoms with E-state index in [1.807, 2.05) is 26.2 Å². The van der Waals surface area contributed by atoms with Gasteiger partial charge in [-0.3, -0.25) is 0 Å². The van der Waals surface area contributed by atoms with Crippen molar-refractivity contribution < 1.29 is 9.53 Å². The third-order valence-electron chi connectivity index (χ3n) is 3.80. The first-order chi connectivity index (χ1) is 11.9. The van der Waals surface area contributed by atoms with Crippen LogP contribution < -0.4 is 5.32 Å². The van der Waals surface area contributed by atoms with Gasteiger partial charge in [0.1, 0.15) is 5.60 Å². The molecule has 0 radical (unpaired) electrons. The highest BCUT2D eigenvalue weighted by atomic mass is 32.1. The van der Waals surface area contributed by atoms with Crippen molar-refractivity contribution in [2.24, 2.45) is 0 Å². The van der Waals surface area contributed by atoms with Crippen LogP contribution >= 0.6 is 11.3 Å². The molecule has 8 heteroatoms. The van der Waals surface area contributed by atoms with Crippen molar-refractivity contribution >= 4 is 28.5 Å². The van der Waals surface area contributed by atoms with Crippen LogP contribution in [0.1, 0.15) is 45.2 Å². The van der Waals surface area contributed by atoms with Crippen molar-refractivity contribution in [3.63, 3.8) is 0 Å². The summed E-state index contributed by atoms with van der Waals surface area (Å²) < 4.78 is 5.49. The third-order valence-corrected chi connectivity index (χ3v) is 4.57. The fourth-order valence-electron chi connectivity index (χ4n) is 2.70. The molecule has 2 aromatic heterocycles. The molecule has 3 heterocycles. The Morgan fingerprint density at radius 3 is 2.84 bits per heavy atom. The molecule has 0 bridgehead atoms. The second kappa shape index (κ2) is 7.35. The number of likely N-dealkylation sites (tertiary alicyclic amines) is 1. The van der Waals surface area contributed by atoms with Gasteiger partial charge in [-0.1, -0.05) is 0 Å². The molecule has 1 amide bonds. The fourth-order valence-corrected chi connectivity index (χ4v) is 3.49. The number of amides is 1. The Morgan fingerprint density at radius 1 is 1.36 bits per heavy atom. The SMILES string of the molecule is CC(C)(C)OC(=O)N1CCC[C@H](c2csc(Nc3ncccn3)n2)C1. The summed E-state index contributed by atoms with van der Waals surface area (Å²) in [5, 5.41) is 5.90. The van der Waals surface area contributed by atoms with Crippen LogP contribution in [0.4, 0.5) is 15.9 Å². The van der Waals surface area contributed by atoms with Crippen molar-refractivity contribution in [2.45, 2.75) is 45.1 Å². The van der Waals surface area contributed by atoms with Gasteiger partial charge in [-0.25, -0.2) is 19.7 Å². The van der Waals surface area contributed by atoms with Gasteiger partial charge in [0.2, 0.25) is 5.95 Å². The third kappa shape index (κ3) is 4.88. The van der Waals surface area contributed by atoms with E-state index in [1.165, 1.54) is 11.3 Å². The molecule has 1 fully saturated rings. The number of aromatic nitrogens is 3. The number of ether oxygens (including phenoxy) is 1. The summed E-state index contributed by atoms with van der Waals surface area (Å²) in [4.78, 5) is 27.0. The number of hydrogen-bond acceptors (Lipinski definition) is 7. The lowest BCUT2D eigenvalue weighted by molar-refractivity contribution is 0.0197. The van der Waals surface area contributed by atoms with Crippen LogP contribution in [0.15, 0.2) is 23.8 Å². The molecular weight excluding hydrogens is 338 g/mol. The first kappa shape index (κ1) is 17.6. The van der Waals surface area contributed by atoms with Gasteiger partial charge in [0.25, 0.3) is 0 Å². The van der Waals surface area contributed by atoms with E-state index in [0.29, 0.717) is 12.5 Å². The Labute approximate surface area is 151 Å². The minimum absolute atomic E-state index is 0.227. The molecule has 0 saturated carbocycles. The van der Waals surface area contributed by atoms with Crippen molar-refractivity contribution in [1.82, 2.24) is 19.9 Å². The maximum Gasteiger partial charge on any atom is 0.410 e. The first-order valence-electron chi connectivity index (χ1n) is 8.38. The minimum atomic E-state index is -0.475. The largest absolute Gasteiger partial charge is 0.444 e. The number of piperidine rings is 1. The second-order valence-corrected chi connectivity index (χ2v) is 7.90. The molecule has 0 aromatic carbocycles. The van der Waals surface area contributed by atoms with Crippen LogP contribution in [0.25, 0.3) is 0 Å². The highest BCUT2D eigenvalue weighted by molar-refractivity contribution is 7.13. The monoisotopic (exact) mass is 361 g/mol. The van der Waals surface area contributed by atoms with Gasteiger partial charge in [0.05, 0.1) is 5.69 Å². The van der Waals surface area contributed by atoms with E-state index in [0.717, 1.165) is 30.2 Å². The molecule has 134 valence electrons. The zero-order valence-corrected chi connectivity index (χ0v) is 15.5. The zero-order chi connectivity index (χ0) is 17.9. The van der Waals surface area contributed by atoms with E-state index in [4.69, 9.17) is 4.74 Å². The molecule has 2 aromatic rings. The number of carbonyl (C=O) groups is 1. The number of anilines is 2. The molecule has 0 spiro atoms. The lowest BCUT2D eigenvalue weighted by Gasteiger charge is -2.33. The average Bonchev–Trinajstić information content (AvgIpc) is 3.03. The number of carbonyl (C=O) groups excluding carboxylic acids is 1. The van der Waals surface area contributed by atoms with E-state index in [2.05, 4.69) is 20.3 Å². The van der Waals surface area contributed by atoms with Gasteiger partial charge < -0.3 is 15.0 Å². The molecule has 1 atom stereocenters. The van der Waals surface area contributed by atoms with Crippen LogP contribution in [0.2, 0.25) is 0 Å². The number of hydrogen-bond donors (Lipinski definition) is 1. The molecule has 1 saturated heterocycles. The summed E-state index contributed by atoms with van der Waals surface area (Å²) in [6, 6.07) is 1.77. The summed E-state index contributed by atoms with van der Waals surface area (Å²) in [5.41, 5.74) is 0.522. The van der Waals surface area contributed by atoms with E-state index >= 15 is 0 Å². The summed E-state index contributed by atoms with van der Waals surface area (Å²) >= 11 is 1.52. The molecule has 1 aliphatic heterocycles. The zero-order valence-electron chi connectivity index (χ0n) is 14.7. The highest BCUT2D eigenvalue weighted by Gasteiger charge is 2.29. The maximum absolute atomic E-state index is 12.3. The van der Waals surface area contributed by atoms with Crippen molar-refractivity contribution in [1.29, 1.82) is 0 Å². The van der Waals surface area contributed by atoms with E-state index in [1.54, 1.807) is 23.4 Å². The Balaban J connectivity index is 1.63. The van der Waals surface area contributed by atoms with Crippen LogP contribution in [-0.4, -0.2) is 44.6 Å². The maximum atomic E-state index is 12.3. The number of rotatable bonds is 3. The molecule has 0 aliphatic carbocycles. The minimum Gasteiger partial charge on any atom is -0.444 e. The molecule has 7 nitrogen and oxygen atoms in total. The van der Waals surface area contributed by atoms with Gasteiger partial charge in [-0.05, 0) is 39.7 Å². The van der Waals surface area contributed by atoms with E-state index in [9.17, 15) is 4.79 Å². The predicted octanol–water partition coefficient (Wildman–Crippen LogP) is 3.79. The van der Waals surface area contributed by atoms with Gasteiger partial charge in [0, 0.05) is 36.8 Å². The molecular formula is C17H23N5O2S. The van der Waals surface area contributed by atoms with Crippen LogP contribution in [0.3, 0.4) is 0 Å². The van der Waals surface area contributed by atoms with Gasteiger partial charge in [0.15, 0.2) is 5.13 Å². The molecule has 0 unspecified atom stereocenters. The van der Waals surface area contributed by atoms with Crippen LogP contribution in [0, 0.1) is 0 Å². The molecule has 1 N–H and O–H groups in total. The lowest BCUT2D eigenvalue weighted by Crippen LogP contribution is -2.42. The molecule has 3 rings (SSSR count). The van der Waals surface area contributed by atoms with E-state index in [-0.39, 0.29) is 12.0 Å². The fraction of sp³-hybridized carbons (Fsp3) is 0.529. The van der Waals surface area contributed by atoms with Gasteiger partial charge >= 0.3 is 6.09 Å². The summed E-state index contributed by atoms with van der Waals surface area (Å²) in [7, 11) is 0. The lowest BCUT2D eigenvalue weighted by atomic mass is 9.96. The first-order valence-corrected chi connectivity index (χ1v) is 9.26. The Hall–Kier alpha value is -2.22.